The third-order valence-electron chi connectivity index (χ3n) is 9.37. The summed E-state index contributed by atoms with van der Waals surface area (Å²) < 4.78 is 19.8. The van der Waals surface area contributed by atoms with Gasteiger partial charge in [-0.3, -0.25) is 0 Å². The third-order valence-corrected chi connectivity index (χ3v) is 9.37. The topological polar surface area (TPSA) is 34.8 Å². The molecule has 0 spiro atoms. The zero-order valence-corrected chi connectivity index (χ0v) is 25.3. The normalized spacial score (nSPS) is 12.6. The van der Waals surface area contributed by atoms with Gasteiger partial charge >= 0.3 is 0 Å². The van der Waals surface area contributed by atoms with Gasteiger partial charge in [-0.05, 0) is 59.0 Å². The number of anilines is 3. The van der Waals surface area contributed by atoms with Crippen LogP contribution in [0.15, 0.2) is 162 Å². The van der Waals surface area contributed by atoms with E-state index < -0.39 is 0 Å². The molecule has 0 bridgehead atoms. The Hall–Kier alpha value is -6.20. The van der Waals surface area contributed by atoms with Gasteiger partial charge in [-0.15, -0.1) is 0 Å². The van der Waals surface area contributed by atoms with Crippen LogP contribution < -0.4 is 30.8 Å². The van der Waals surface area contributed by atoms with E-state index >= 15 is 0 Å². The van der Waals surface area contributed by atoms with E-state index in [0.717, 1.165) is 89.5 Å². The number of rotatable bonds is 4. The van der Waals surface area contributed by atoms with Crippen molar-refractivity contribution in [2.45, 2.75) is 0 Å². The van der Waals surface area contributed by atoms with Crippen molar-refractivity contribution in [3.8, 4) is 34.1 Å². The predicted molar refractivity (Wildman–Crippen MR) is 192 cm³/mol. The van der Waals surface area contributed by atoms with E-state index in [1.807, 2.05) is 30.3 Å². The van der Waals surface area contributed by atoms with Crippen molar-refractivity contribution in [2.75, 3.05) is 4.90 Å². The van der Waals surface area contributed by atoms with Crippen LogP contribution in [0.1, 0.15) is 0 Å². The first-order valence-corrected chi connectivity index (χ1v) is 15.9. The number of hydrogen-bond acceptors (Lipinski definition) is 4. The molecule has 8 aromatic rings. The quantitative estimate of drug-likeness (QED) is 0.188. The molecule has 7 aromatic carbocycles. The van der Waals surface area contributed by atoms with Crippen molar-refractivity contribution in [1.82, 2.24) is 0 Å². The smallest absolute Gasteiger partial charge is 0.260 e. The molecular formula is C42H26BNO3. The van der Waals surface area contributed by atoms with E-state index in [0.29, 0.717) is 0 Å². The Labute approximate surface area is 272 Å². The second-order valence-corrected chi connectivity index (χ2v) is 12.0. The van der Waals surface area contributed by atoms with Crippen LogP contribution in [0.25, 0.3) is 33.1 Å². The fourth-order valence-electron chi connectivity index (χ4n) is 7.40. The summed E-state index contributed by atoms with van der Waals surface area (Å²) in [5.74, 6) is 3.33. The molecule has 0 atom stereocenters. The summed E-state index contributed by atoms with van der Waals surface area (Å²) in [6.07, 6.45) is 0. The number of hydrogen-bond donors (Lipinski definition) is 0. The summed E-state index contributed by atoms with van der Waals surface area (Å²) >= 11 is 0. The fourth-order valence-corrected chi connectivity index (χ4v) is 7.40. The molecule has 0 fully saturated rings. The monoisotopic (exact) mass is 603 g/mol. The van der Waals surface area contributed by atoms with Crippen molar-refractivity contribution < 1.29 is 13.9 Å². The highest BCUT2D eigenvalue weighted by Crippen LogP contribution is 2.48. The van der Waals surface area contributed by atoms with Crippen molar-refractivity contribution in [2.24, 2.45) is 0 Å². The molecule has 2 aliphatic heterocycles. The Morgan fingerprint density at radius 1 is 0.468 bits per heavy atom. The first-order valence-electron chi connectivity index (χ1n) is 15.9. The Kier molecular flexibility index (Phi) is 5.63. The standard InChI is InChI=1S/C42H26BNO3/c1-3-13-27(14-4-1)40-33(23-24-37-41(40)30-17-7-10-20-34(30)45-37)44(28-15-5-2-6-16-28)29-25-38-42-39(26-29)47-36-22-12-9-19-32(36)43(42)31-18-8-11-21-35(31)46-38/h1-26H. The first kappa shape index (κ1) is 26.1. The van der Waals surface area contributed by atoms with Crippen LogP contribution in [0, 0.1) is 0 Å². The fraction of sp³-hybridized carbons (Fsp3) is 0. The summed E-state index contributed by atoms with van der Waals surface area (Å²) in [6, 6.07) is 54.6. The minimum absolute atomic E-state index is 0.0163. The van der Waals surface area contributed by atoms with Gasteiger partial charge in [0.25, 0.3) is 6.71 Å². The van der Waals surface area contributed by atoms with Crippen LogP contribution in [0.3, 0.4) is 0 Å². The zero-order chi connectivity index (χ0) is 30.9. The van der Waals surface area contributed by atoms with Gasteiger partial charge in [0.15, 0.2) is 0 Å². The number of benzene rings is 7. The molecule has 0 aliphatic carbocycles. The van der Waals surface area contributed by atoms with Gasteiger partial charge in [0.05, 0.1) is 11.4 Å². The molecule has 0 N–H and O–H groups in total. The molecule has 0 amide bonds. The van der Waals surface area contributed by atoms with Crippen LogP contribution in [0.4, 0.5) is 17.1 Å². The number of para-hydroxylation sites is 4. The predicted octanol–water partition coefficient (Wildman–Crippen LogP) is 9.45. The minimum atomic E-state index is 0.0163. The summed E-state index contributed by atoms with van der Waals surface area (Å²) in [6.45, 7) is 0.0163. The molecular weight excluding hydrogens is 577 g/mol. The highest BCUT2D eigenvalue weighted by molar-refractivity contribution is 6.98. The van der Waals surface area contributed by atoms with Gasteiger partial charge in [-0.2, -0.15) is 0 Å². The van der Waals surface area contributed by atoms with Gasteiger partial charge in [0, 0.05) is 39.6 Å². The number of fused-ring (bicyclic) bond motifs is 7. The van der Waals surface area contributed by atoms with Crippen molar-refractivity contribution in [3.63, 3.8) is 0 Å². The van der Waals surface area contributed by atoms with Gasteiger partial charge < -0.3 is 18.8 Å². The molecule has 0 unspecified atom stereocenters. The summed E-state index contributed by atoms with van der Waals surface area (Å²) in [5.41, 5.74) is 10.3. The van der Waals surface area contributed by atoms with Crippen LogP contribution in [0.5, 0.6) is 23.0 Å². The van der Waals surface area contributed by atoms with E-state index in [-0.39, 0.29) is 6.71 Å². The van der Waals surface area contributed by atoms with Crippen LogP contribution in [0.2, 0.25) is 0 Å². The lowest BCUT2D eigenvalue weighted by Crippen LogP contribution is -2.57. The molecule has 5 heteroatoms. The second-order valence-electron chi connectivity index (χ2n) is 12.0. The molecule has 0 saturated heterocycles. The van der Waals surface area contributed by atoms with Crippen molar-refractivity contribution in [1.29, 1.82) is 0 Å². The second kappa shape index (κ2) is 10.2. The lowest BCUT2D eigenvalue weighted by Gasteiger charge is -2.35. The molecule has 47 heavy (non-hydrogen) atoms. The van der Waals surface area contributed by atoms with Crippen molar-refractivity contribution >= 4 is 62.1 Å². The van der Waals surface area contributed by atoms with E-state index in [9.17, 15) is 0 Å². The molecule has 220 valence electrons. The third kappa shape index (κ3) is 3.96. The van der Waals surface area contributed by atoms with E-state index in [1.54, 1.807) is 0 Å². The summed E-state index contributed by atoms with van der Waals surface area (Å²) in [7, 11) is 0. The van der Waals surface area contributed by atoms with Gasteiger partial charge in [0.1, 0.15) is 34.2 Å². The molecule has 0 saturated carbocycles. The number of nitrogens with zero attached hydrogens (tertiary/aromatic N) is 1. The Balaban J connectivity index is 1.27. The summed E-state index contributed by atoms with van der Waals surface area (Å²) in [4.78, 5) is 2.31. The lowest BCUT2D eigenvalue weighted by atomic mass is 9.35. The number of furan rings is 1. The molecule has 4 nitrogen and oxygen atoms in total. The first-order chi connectivity index (χ1) is 23.3. The van der Waals surface area contributed by atoms with Gasteiger partial charge in [0.2, 0.25) is 0 Å². The average Bonchev–Trinajstić information content (AvgIpc) is 3.51. The minimum Gasteiger partial charge on any atom is -0.458 e. The maximum Gasteiger partial charge on any atom is 0.260 e. The number of ether oxygens (including phenoxy) is 2. The highest BCUT2D eigenvalue weighted by Gasteiger charge is 2.40. The Morgan fingerprint density at radius 2 is 1.06 bits per heavy atom. The van der Waals surface area contributed by atoms with Crippen LogP contribution in [-0.2, 0) is 0 Å². The maximum atomic E-state index is 6.71. The highest BCUT2D eigenvalue weighted by atomic mass is 16.5. The molecule has 0 radical (unpaired) electrons. The summed E-state index contributed by atoms with van der Waals surface area (Å²) in [5, 5.41) is 2.17. The van der Waals surface area contributed by atoms with Gasteiger partial charge in [-0.1, -0.05) is 103 Å². The Morgan fingerprint density at radius 3 is 1.77 bits per heavy atom. The largest absolute Gasteiger partial charge is 0.458 e. The Bertz CT molecular complexity index is 2420. The lowest BCUT2D eigenvalue weighted by molar-refractivity contribution is 0.465. The SMILES string of the molecule is c1ccc(-c2c(N(c3ccccc3)c3cc4c5c(c3)Oc3ccccc3B5c3ccccc3O4)ccc3oc4ccccc4c23)cc1. The van der Waals surface area contributed by atoms with Crippen LogP contribution in [-0.4, -0.2) is 6.71 Å². The molecule has 1 aromatic heterocycles. The zero-order valence-electron chi connectivity index (χ0n) is 25.3. The van der Waals surface area contributed by atoms with E-state index in [1.165, 1.54) is 0 Å². The molecule has 2 aliphatic rings. The van der Waals surface area contributed by atoms with Crippen LogP contribution >= 0.6 is 0 Å². The van der Waals surface area contributed by atoms with Gasteiger partial charge in [-0.25, -0.2) is 0 Å². The van der Waals surface area contributed by atoms with Crippen molar-refractivity contribution in [3.05, 3.63) is 158 Å². The maximum absolute atomic E-state index is 6.71. The average molecular weight is 603 g/mol. The molecule has 10 rings (SSSR count). The van der Waals surface area contributed by atoms with E-state index in [4.69, 9.17) is 13.9 Å². The molecule has 3 heterocycles. The van der Waals surface area contributed by atoms with E-state index in [2.05, 4.69) is 132 Å².